The maximum Gasteiger partial charge on any atom is 0.307 e. The van der Waals surface area contributed by atoms with Gasteiger partial charge < -0.3 is 15.7 Å². The van der Waals surface area contributed by atoms with Crippen molar-refractivity contribution < 1.29 is 9.90 Å². The van der Waals surface area contributed by atoms with Gasteiger partial charge in [-0.3, -0.25) is 4.79 Å². The fourth-order valence-corrected chi connectivity index (χ4v) is 2.93. The number of benzene rings is 2. The second-order valence-electron chi connectivity index (χ2n) is 6.91. The Morgan fingerprint density at radius 1 is 1.08 bits per heavy atom. The number of aryl methyl sites for hydroxylation is 3. The molecule has 0 bridgehead atoms. The summed E-state index contributed by atoms with van der Waals surface area (Å²) in [6.07, 6.45) is 0. The fourth-order valence-electron chi connectivity index (χ4n) is 2.82. The van der Waals surface area contributed by atoms with E-state index in [-0.39, 0.29) is 0 Å². The number of anilines is 1. The number of rotatable bonds is 8. The molecule has 0 aliphatic heterocycles. The highest BCUT2D eigenvalue weighted by atomic mass is 35.5. The van der Waals surface area contributed by atoms with Gasteiger partial charge in [0.1, 0.15) is 0 Å². The summed E-state index contributed by atoms with van der Waals surface area (Å²) in [5.74, 6) is -1.17. The number of hydrogen-bond acceptors (Lipinski definition) is 3. The molecule has 0 aliphatic rings. The van der Waals surface area contributed by atoms with Crippen LogP contribution < -0.4 is 10.6 Å². The van der Waals surface area contributed by atoms with Crippen LogP contribution in [-0.4, -0.2) is 17.6 Å². The van der Waals surface area contributed by atoms with Gasteiger partial charge in [-0.2, -0.15) is 0 Å². The van der Waals surface area contributed by atoms with E-state index in [1.807, 2.05) is 13.8 Å². The van der Waals surface area contributed by atoms with Gasteiger partial charge in [-0.15, -0.1) is 0 Å². The van der Waals surface area contributed by atoms with Gasteiger partial charge >= 0.3 is 5.97 Å². The van der Waals surface area contributed by atoms with E-state index < -0.39 is 11.9 Å². The molecule has 140 valence electrons. The number of aliphatic carboxylic acids is 1. The van der Waals surface area contributed by atoms with E-state index in [2.05, 4.69) is 47.9 Å². The second kappa shape index (κ2) is 9.06. The van der Waals surface area contributed by atoms with Crippen LogP contribution >= 0.6 is 11.6 Å². The molecular weight excluding hydrogens is 348 g/mol. The molecule has 0 saturated carbocycles. The maximum absolute atomic E-state index is 10.9. The normalized spacial score (nSPS) is 12.0. The molecule has 4 nitrogen and oxygen atoms in total. The van der Waals surface area contributed by atoms with E-state index in [9.17, 15) is 4.79 Å². The van der Waals surface area contributed by atoms with Crippen molar-refractivity contribution in [3.63, 3.8) is 0 Å². The summed E-state index contributed by atoms with van der Waals surface area (Å²) in [7, 11) is 0. The monoisotopic (exact) mass is 374 g/mol. The summed E-state index contributed by atoms with van der Waals surface area (Å²) in [6.45, 7) is 9.64. The molecule has 0 unspecified atom stereocenters. The quantitative estimate of drug-likeness (QED) is 0.627. The Balaban J connectivity index is 1.99. The van der Waals surface area contributed by atoms with Gasteiger partial charge in [0.25, 0.3) is 0 Å². The van der Waals surface area contributed by atoms with Crippen molar-refractivity contribution in [2.24, 2.45) is 5.92 Å². The highest BCUT2D eigenvalue weighted by Gasteiger charge is 2.10. The predicted octanol–water partition coefficient (Wildman–Crippen LogP) is 4.69. The second-order valence-corrected chi connectivity index (χ2v) is 7.29. The largest absolute Gasteiger partial charge is 0.481 e. The van der Waals surface area contributed by atoms with Crippen LogP contribution in [0.15, 0.2) is 30.3 Å². The van der Waals surface area contributed by atoms with Gasteiger partial charge in [0, 0.05) is 30.3 Å². The van der Waals surface area contributed by atoms with Crippen LogP contribution in [0.3, 0.4) is 0 Å². The van der Waals surface area contributed by atoms with E-state index in [0.717, 1.165) is 33.9 Å². The Hall–Kier alpha value is -2.04. The molecule has 0 saturated heterocycles. The van der Waals surface area contributed by atoms with Crippen LogP contribution in [-0.2, 0) is 17.9 Å². The molecule has 0 fully saturated rings. The number of nitrogens with one attached hydrogen (secondary N) is 2. The molecule has 0 aromatic heterocycles. The molecule has 26 heavy (non-hydrogen) atoms. The first-order valence-electron chi connectivity index (χ1n) is 8.80. The first-order chi connectivity index (χ1) is 12.3. The highest BCUT2D eigenvalue weighted by Crippen LogP contribution is 2.23. The van der Waals surface area contributed by atoms with E-state index in [1.165, 1.54) is 11.1 Å². The molecule has 2 rings (SSSR count). The molecule has 2 aromatic carbocycles. The summed E-state index contributed by atoms with van der Waals surface area (Å²) < 4.78 is 0. The first-order valence-corrected chi connectivity index (χ1v) is 9.18. The Bertz CT molecular complexity index is 767. The minimum atomic E-state index is -0.779. The average Bonchev–Trinajstić information content (AvgIpc) is 2.59. The third kappa shape index (κ3) is 5.48. The molecular formula is C21H27ClN2O2. The summed E-state index contributed by atoms with van der Waals surface area (Å²) in [4.78, 5) is 10.9. The van der Waals surface area contributed by atoms with Crippen molar-refractivity contribution in [3.05, 3.63) is 63.2 Å². The SMILES string of the molecule is Cc1ccc(NCc2cc(C)c(Cl)c(C)c2)cc1CNC[C@H](C)C(=O)O. The van der Waals surface area contributed by atoms with Crippen molar-refractivity contribution in [1.82, 2.24) is 5.32 Å². The fraction of sp³-hybridized carbons (Fsp3) is 0.381. The van der Waals surface area contributed by atoms with Crippen molar-refractivity contribution in [2.45, 2.75) is 40.8 Å². The summed E-state index contributed by atoms with van der Waals surface area (Å²) in [5, 5.41) is 16.5. The van der Waals surface area contributed by atoms with Crippen molar-refractivity contribution >= 4 is 23.3 Å². The molecule has 0 heterocycles. The molecule has 0 spiro atoms. The van der Waals surface area contributed by atoms with Crippen LogP contribution in [0.2, 0.25) is 5.02 Å². The van der Waals surface area contributed by atoms with Crippen molar-refractivity contribution in [2.75, 3.05) is 11.9 Å². The summed E-state index contributed by atoms with van der Waals surface area (Å²) in [5.41, 5.74) is 6.76. The molecule has 0 amide bonds. The Labute approximate surface area is 160 Å². The summed E-state index contributed by atoms with van der Waals surface area (Å²) >= 11 is 6.23. The maximum atomic E-state index is 10.9. The topological polar surface area (TPSA) is 61.4 Å². The first kappa shape index (κ1) is 20.3. The van der Waals surface area contributed by atoms with Gasteiger partial charge in [-0.1, -0.05) is 36.7 Å². The van der Waals surface area contributed by atoms with Crippen LogP contribution in [0.4, 0.5) is 5.69 Å². The smallest absolute Gasteiger partial charge is 0.307 e. The van der Waals surface area contributed by atoms with Gasteiger partial charge in [-0.25, -0.2) is 0 Å². The molecule has 0 radical (unpaired) electrons. The Morgan fingerprint density at radius 2 is 1.73 bits per heavy atom. The molecule has 3 N–H and O–H groups in total. The van der Waals surface area contributed by atoms with Gasteiger partial charge in [0.15, 0.2) is 0 Å². The Kier molecular flexibility index (Phi) is 7.06. The average molecular weight is 375 g/mol. The predicted molar refractivity (Wildman–Crippen MR) is 108 cm³/mol. The zero-order valence-corrected chi connectivity index (χ0v) is 16.6. The van der Waals surface area contributed by atoms with Gasteiger partial charge in [0.2, 0.25) is 0 Å². The minimum Gasteiger partial charge on any atom is -0.481 e. The lowest BCUT2D eigenvalue weighted by Crippen LogP contribution is -2.26. The van der Waals surface area contributed by atoms with E-state index >= 15 is 0 Å². The molecule has 5 heteroatoms. The molecule has 0 aliphatic carbocycles. The third-order valence-electron chi connectivity index (χ3n) is 4.53. The molecule has 1 atom stereocenters. The van der Waals surface area contributed by atoms with E-state index in [1.54, 1.807) is 6.92 Å². The lowest BCUT2D eigenvalue weighted by Gasteiger charge is -2.14. The highest BCUT2D eigenvalue weighted by molar-refractivity contribution is 6.32. The number of carboxylic acid groups (broad SMARTS) is 1. The zero-order valence-electron chi connectivity index (χ0n) is 15.8. The number of hydrogen-bond donors (Lipinski definition) is 3. The number of carbonyl (C=O) groups is 1. The number of carboxylic acids is 1. The van der Waals surface area contributed by atoms with Crippen LogP contribution in [0.25, 0.3) is 0 Å². The zero-order chi connectivity index (χ0) is 19.3. The van der Waals surface area contributed by atoms with Crippen molar-refractivity contribution in [1.29, 1.82) is 0 Å². The number of halogens is 1. The standard InChI is InChI=1S/C21H27ClN2O2/c1-13-5-6-19(9-18(13)12-23-10-16(4)21(25)26)24-11-17-7-14(2)20(22)15(3)8-17/h5-9,16,23-24H,10-12H2,1-4H3,(H,25,26)/t16-/m0/s1. The summed E-state index contributed by atoms with van der Waals surface area (Å²) in [6, 6.07) is 10.5. The van der Waals surface area contributed by atoms with Crippen LogP contribution in [0.5, 0.6) is 0 Å². The minimum absolute atomic E-state index is 0.395. The van der Waals surface area contributed by atoms with Gasteiger partial charge in [0.05, 0.1) is 5.92 Å². The third-order valence-corrected chi connectivity index (χ3v) is 5.13. The van der Waals surface area contributed by atoms with Crippen LogP contribution in [0.1, 0.15) is 34.7 Å². The van der Waals surface area contributed by atoms with Gasteiger partial charge in [-0.05, 0) is 60.7 Å². The van der Waals surface area contributed by atoms with Crippen molar-refractivity contribution in [3.8, 4) is 0 Å². The lowest BCUT2D eigenvalue weighted by molar-refractivity contribution is -0.140. The van der Waals surface area contributed by atoms with E-state index in [0.29, 0.717) is 13.1 Å². The molecule has 2 aromatic rings. The lowest BCUT2D eigenvalue weighted by atomic mass is 10.1. The van der Waals surface area contributed by atoms with E-state index in [4.69, 9.17) is 16.7 Å². The van der Waals surface area contributed by atoms with Crippen LogP contribution in [0, 0.1) is 26.7 Å². The Morgan fingerprint density at radius 3 is 2.35 bits per heavy atom.